The summed E-state index contributed by atoms with van der Waals surface area (Å²) >= 11 is 6.04. The second-order valence-electron chi connectivity index (χ2n) is 4.06. The summed E-state index contributed by atoms with van der Waals surface area (Å²) in [5.41, 5.74) is 1.97. The minimum absolute atomic E-state index is 0.363. The number of rotatable bonds is 5. The number of ether oxygens (including phenoxy) is 1. The minimum atomic E-state index is -0.765. The Hall–Kier alpha value is -1.22. The lowest BCUT2D eigenvalue weighted by Gasteiger charge is -2.14. The van der Waals surface area contributed by atoms with Crippen LogP contribution in [0.2, 0.25) is 5.02 Å². The molecule has 0 bridgehead atoms. The van der Waals surface area contributed by atoms with Crippen molar-refractivity contribution in [2.45, 2.75) is 26.7 Å². The third-order valence-corrected chi connectivity index (χ3v) is 3.21. The van der Waals surface area contributed by atoms with Crippen LogP contribution in [-0.4, -0.2) is 18.2 Å². The number of aryl methyl sites for hydroxylation is 1. The first-order valence-electron chi connectivity index (χ1n) is 5.55. The van der Waals surface area contributed by atoms with Gasteiger partial charge in [0.2, 0.25) is 0 Å². The van der Waals surface area contributed by atoms with Crippen LogP contribution in [0.15, 0.2) is 12.1 Å². The second kappa shape index (κ2) is 5.92. The van der Waals surface area contributed by atoms with Crippen LogP contribution >= 0.6 is 11.6 Å². The highest BCUT2D eigenvalue weighted by Gasteiger charge is 2.17. The standard InChI is InChI=1S/C13H17ClO3/c1-4-9(13(15)16)6-10-7-11(14)12(17-3)5-8(10)2/h5,7,9H,4,6H2,1-3H3,(H,15,16). The maximum atomic E-state index is 11.0. The summed E-state index contributed by atoms with van der Waals surface area (Å²) in [5, 5.41) is 9.56. The van der Waals surface area contributed by atoms with Crippen LogP contribution in [0.25, 0.3) is 0 Å². The Bertz CT molecular complexity index is 415. The average molecular weight is 257 g/mol. The van der Waals surface area contributed by atoms with Crippen molar-refractivity contribution < 1.29 is 14.6 Å². The highest BCUT2D eigenvalue weighted by molar-refractivity contribution is 6.32. The molecule has 0 fully saturated rings. The fourth-order valence-electron chi connectivity index (χ4n) is 1.74. The van der Waals surface area contributed by atoms with Crippen LogP contribution < -0.4 is 4.74 Å². The van der Waals surface area contributed by atoms with Gasteiger partial charge in [0, 0.05) is 0 Å². The predicted octanol–water partition coefficient (Wildman–Crippen LogP) is 3.31. The van der Waals surface area contributed by atoms with Crippen molar-refractivity contribution in [3.63, 3.8) is 0 Å². The average Bonchev–Trinajstić information content (AvgIpc) is 2.29. The minimum Gasteiger partial charge on any atom is -0.495 e. The molecule has 3 nitrogen and oxygen atoms in total. The number of hydrogen-bond acceptors (Lipinski definition) is 2. The normalized spacial score (nSPS) is 12.2. The molecule has 17 heavy (non-hydrogen) atoms. The summed E-state index contributed by atoms with van der Waals surface area (Å²) in [4.78, 5) is 11.0. The van der Waals surface area contributed by atoms with E-state index in [4.69, 9.17) is 21.4 Å². The van der Waals surface area contributed by atoms with Gasteiger partial charge in [-0.15, -0.1) is 0 Å². The topological polar surface area (TPSA) is 46.5 Å². The molecule has 1 rings (SSSR count). The van der Waals surface area contributed by atoms with Crippen LogP contribution in [0.5, 0.6) is 5.75 Å². The molecule has 4 heteroatoms. The molecule has 0 aliphatic carbocycles. The highest BCUT2D eigenvalue weighted by atomic mass is 35.5. The lowest BCUT2D eigenvalue weighted by molar-refractivity contribution is -0.141. The summed E-state index contributed by atoms with van der Waals surface area (Å²) in [5.74, 6) is -0.506. The number of aliphatic carboxylic acids is 1. The van der Waals surface area contributed by atoms with Crippen LogP contribution in [0, 0.1) is 12.8 Å². The zero-order valence-corrected chi connectivity index (χ0v) is 11.0. The molecule has 0 saturated heterocycles. The van der Waals surface area contributed by atoms with Crippen molar-refractivity contribution in [1.29, 1.82) is 0 Å². The number of benzene rings is 1. The van der Waals surface area contributed by atoms with Crippen molar-refractivity contribution in [2.75, 3.05) is 7.11 Å². The molecule has 0 aliphatic heterocycles. The largest absolute Gasteiger partial charge is 0.495 e. The van der Waals surface area contributed by atoms with E-state index < -0.39 is 5.97 Å². The van der Waals surface area contributed by atoms with Gasteiger partial charge in [-0.05, 0) is 43.0 Å². The maximum absolute atomic E-state index is 11.0. The molecule has 1 unspecified atom stereocenters. The zero-order chi connectivity index (χ0) is 13.0. The van der Waals surface area contributed by atoms with Crippen molar-refractivity contribution >= 4 is 17.6 Å². The van der Waals surface area contributed by atoms with E-state index in [0.717, 1.165) is 11.1 Å². The van der Waals surface area contributed by atoms with E-state index in [1.165, 1.54) is 0 Å². The van der Waals surface area contributed by atoms with E-state index >= 15 is 0 Å². The van der Waals surface area contributed by atoms with Crippen LogP contribution in [-0.2, 0) is 11.2 Å². The van der Waals surface area contributed by atoms with Crippen LogP contribution in [0.1, 0.15) is 24.5 Å². The number of hydrogen-bond donors (Lipinski definition) is 1. The molecule has 1 aromatic rings. The van der Waals surface area contributed by atoms with Gasteiger partial charge in [0.15, 0.2) is 0 Å². The number of carboxylic acids is 1. The van der Waals surface area contributed by atoms with Gasteiger partial charge in [0.1, 0.15) is 5.75 Å². The predicted molar refractivity (Wildman–Crippen MR) is 67.9 cm³/mol. The lowest BCUT2D eigenvalue weighted by atomic mass is 9.94. The molecule has 0 amide bonds. The molecule has 1 N–H and O–H groups in total. The van der Waals surface area contributed by atoms with E-state index in [2.05, 4.69) is 0 Å². The maximum Gasteiger partial charge on any atom is 0.306 e. The second-order valence-corrected chi connectivity index (χ2v) is 4.47. The summed E-state index contributed by atoms with van der Waals surface area (Å²) in [6.07, 6.45) is 1.11. The SMILES string of the molecule is CCC(Cc1cc(Cl)c(OC)cc1C)C(=O)O. The third kappa shape index (κ3) is 3.37. The first-order valence-corrected chi connectivity index (χ1v) is 5.93. The molecule has 1 aromatic carbocycles. The molecule has 0 aromatic heterocycles. The molecule has 0 spiro atoms. The van der Waals surface area contributed by atoms with Gasteiger partial charge in [-0.2, -0.15) is 0 Å². The molecule has 0 radical (unpaired) electrons. The van der Waals surface area contributed by atoms with Crippen LogP contribution in [0.4, 0.5) is 0 Å². The molecule has 0 aliphatic rings. The summed E-state index contributed by atoms with van der Waals surface area (Å²) in [6.45, 7) is 3.81. The first kappa shape index (κ1) is 13.8. The zero-order valence-electron chi connectivity index (χ0n) is 10.3. The molecule has 0 heterocycles. The van der Waals surface area contributed by atoms with Crippen molar-refractivity contribution in [3.05, 3.63) is 28.3 Å². The van der Waals surface area contributed by atoms with E-state index in [1.54, 1.807) is 13.2 Å². The molecule has 1 atom stereocenters. The Balaban J connectivity index is 2.99. The Morgan fingerprint density at radius 2 is 2.18 bits per heavy atom. The summed E-state index contributed by atoms with van der Waals surface area (Å²) in [7, 11) is 1.56. The van der Waals surface area contributed by atoms with Gasteiger partial charge in [-0.3, -0.25) is 4.79 Å². The lowest BCUT2D eigenvalue weighted by Crippen LogP contribution is -2.15. The summed E-state index contributed by atoms with van der Waals surface area (Å²) < 4.78 is 5.11. The van der Waals surface area contributed by atoms with E-state index in [9.17, 15) is 4.79 Å². The van der Waals surface area contributed by atoms with Crippen molar-refractivity contribution in [3.8, 4) is 5.75 Å². The number of halogens is 1. The summed E-state index contributed by atoms with van der Waals surface area (Å²) in [6, 6.07) is 3.63. The number of carbonyl (C=O) groups is 1. The van der Waals surface area contributed by atoms with Crippen molar-refractivity contribution in [2.24, 2.45) is 5.92 Å². The quantitative estimate of drug-likeness (QED) is 0.879. The fraction of sp³-hybridized carbons (Fsp3) is 0.462. The van der Waals surface area contributed by atoms with E-state index in [0.29, 0.717) is 23.6 Å². The van der Waals surface area contributed by atoms with Gasteiger partial charge in [0.05, 0.1) is 18.1 Å². The molecule has 0 saturated carbocycles. The van der Waals surface area contributed by atoms with Gasteiger partial charge >= 0.3 is 5.97 Å². The Morgan fingerprint density at radius 3 is 2.65 bits per heavy atom. The Kier molecular flexibility index (Phi) is 4.82. The van der Waals surface area contributed by atoms with Gasteiger partial charge in [-0.1, -0.05) is 18.5 Å². The fourth-order valence-corrected chi connectivity index (χ4v) is 2.01. The molecule has 94 valence electrons. The highest BCUT2D eigenvalue weighted by Crippen LogP contribution is 2.29. The van der Waals surface area contributed by atoms with Crippen LogP contribution in [0.3, 0.4) is 0 Å². The van der Waals surface area contributed by atoms with E-state index in [-0.39, 0.29) is 5.92 Å². The van der Waals surface area contributed by atoms with Gasteiger partial charge in [-0.25, -0.2) is 0 Å². The van der Waals surface area contributed by atoms with Gasteiger partial charge in [0.25, 0.3) is 0 Å². The Labute approximate surface area is 106 Å². The number of carboxylic acid groups (broad SMARTS) is 1. The van der Waals surface area contributed by atoms with E-state index in [1.807, 2.05) is 19.9 Å². The van der Waals surface area contributed by atoms with Crippen molar-refractivity contribution in [1.82, 2.24) is 0 Å². The Morgan fingerprint density at radius 1 is 1.53 bits per heavy atom. The first-order chi connectivity index (χ1) is 7.99. The third-order valence-electron chi connectivity index (χ3n) is 2.92. The van der Waals surface area contributed by atoms with Gasteiger partial charge < -0.3 is 9.84 Å². The molecular formula is C13H17ClO3. The number of methoxy groups -OCH3 is 1. The molecular weight excluding hydrogens is 240 g/mol. The monoisotopic (exact) mass is 256 g/mol. The smallest absolute Gasteiger partial charge is 0.306 e.